The normalized spacial score (nSPS) is 10.1. The molecule has 21 heavy (non-hydrogen) atoms. The monoisotopic (exact) mass is 307 g/mol. The fourth-order valence-corrected chi connectivity index (χ4v) is 2.40. The average molecular weight is 307 g/mol. The Kier molecular flexibility index (Phi) is 4.44. The Morgan fingerprint density at radius 3 is 2.52 bits per heavy atom. The van der Waals surface area contributed by atoms with Crippen molar-refractivity contribution in [2.75, 3.05) is 7.11 Å². The number of benzene rings is 1. The molecule has 3 N–H and O–H groups in total. The van der Waals surface area contributed by atoms with Gasteiger partial charge in [0.15, 0.2) is 0 Å². The van der Waals surface area contributed by atoms with Crippen LogP contribution in [0.1, 0.15) is 24.9 Å². The third-order valence-electron chi connectivity index (χ3n) is 2.65. The number of nitrogens with two attached hydrogens (primary N) is 1. The first kappa shape index (κ1) is 14.9. The second-order valence-electron chi connectivity index (χ2n) is 4.12. The largest absolute Gasteiger partial charge is 0.497 e. The molecule has 6 nitrogen and oxygen atoms in total. The Labute approximate surface area is 124 Å². The van der Waals surface area contributed by atoms with Crippen LogP contribution in [0.4, 0.5) is 0 Å². The number of ether oxygens (including phenoxy) is 2. The van der Waals surface area contributed by atoms with Crippen molar-refractivity contribution in [1.82, 2.24) is 0 Å². The molecule has 0 atom stereocenters. The molecule has 0 aliphatic heterocycles. The Balaban J connectivity index is 2.13. The van der Waals surface area contributed by atoms with Gasteiger partial charge in [0.1, 0.15) is 23.0 Å². The molecule has 0 spiro atoms. The van der Waals surface area contributed by atoms with Gasteiger partial charge in [-0.25, -0.2) is 4.79 Å². The lowest BCUT2D eigenvalue weighted by Crippen LogP contribution is -2.11. The van der Waals surface area contributed by atoms with Crippen LogP contribution in [0.15, 0.2) is 30.3 Å². The van der Waals surface area contributed by atoms with E-state index < -0.39 is 11.9 Å². The van der Waals surface area contributed by atoms with Gasteiger partial charge in [0.2, 0.25) is 5.91 Å². The molecule has 1 aromatic carbocycles. The molecular weight excluding hydrogens is 294 g/mol. The Morgan fingerprint density at radius 1 is 1.24 bits per heavy atom. The van der Waals surface area contributed by atoms with Crippen LogP contribution in [-0.2, 0) is 6.61 Å². The number of hydrogen-bond acceptors (Lipinski definition) is 5. The van der Waals surface area contributed by atoms with Crippen molar-refractivity contribution in [2.24, 2.45) is 5.73 Å². The molecule has 0 radical (unpaired) electrons. The highest BCUT2D eigenvalue weighted by Crippen LogP contribution is 2.24. The van der Waals surface area contributed by atoms with Gasteiger partial charge in [0.25, 0.3) is 0 Å². The summed E-state index contributed by atoms with van der Waals surface area (Å²) >= 11 is 1.13. The van der Waals surface area contributed by atoms with E-state index in [4.69, 9.17) is 20.3 Å². The SMILES string of the molecule is COc1cc(OCc2ccc(C(=O)O)s2)cc(C(N)=O)c1. The summed E-state index contributed by atoms with van der Waals surface area (Å²) in [4.78, 5) is 23.0. The molecule has 0 saturated carbocycles. The maximum Gasteiger partial charge on any atom is 0.345 e. The van der Waals surface area contributed by atoms with Crippen molar-refractivity contribution in [1.29, 1.82) is 0 Å². The summed E-state index contributed by atoms with van der Waals surface area (Å²) in [6.07, 6.45) is 0. The van der Waals surface area contributed by atoms with Gasteiger partial charge >= 0.3 is 5.97 Å². The molecule has 1 aromatic heterocycles. The zero-order chi connectivity index (χ0) is 15.4. The molecule has 0 aliphatic carbocycles. The van der Waals surface area contributed by atoms with Crippen molar-refractivity contribution in [3.63, 3.8) is 0 Å². The molecule has 7 heteroatoms. The van der Waals surface area contributed by atoms with E-state index >= 15 is 0 Å². The first-order valence-electron chi connectivity index (χ1n) is 5.93. The fourth-order valence-electron chi connectivity index (χ4n) is 1.64. The van der Waals surface area contributed by atoms with Crippen LogP contribution in [0.2, 0.25) is 0 Å². The third-order valence-corrected chi connectivity index (χ3v) is 3.70. The van der Waals surface area contributed by atoms with Gasteiger partial charge in [-0.15, -0.1) is 11.3 Å². The van der Waals surface area contributed by atoms with E-state index in [0.717, 1.165) is 16.2 Å². The van der Waals surface area contributed by atoms with Crippen LogP contribution >= 0.6 is 11.3 Å². The van der Waals surface area contributed by atoms with Crippen molar-refractivity contribution >= 4 is 23.2 Å². The van der Waals surface area contributed by atoms with Gasteiger partial charge in [-0.1, -0.05) is 0 Å². The van der Waals surface area contributed by atoms with Crippen LogP contribution in [-0.4, -0.2) is 24.1 Å². The number of hydrogen-bond donors (Lipinski definition) is 2. The highest BCUT2D eigenvalue weighted by molar-refractivity contribution is 7.13. The van der Waals surface area contributed by atoms with Gasteiger partial charge in [0.05, 0.1) is 7.11 Å². The second kappa shape index (κ2) is 6.27. The number of carbonyl (C=O) groups excluding carboxylic acids is 1. The van der Waals surface area contributed by atoms with E-state index in [-0.39, 0.29) is 17.0 Å². The highest BCUT2D eigenvalue weighted by atomic mass is 32.1. The van der Waals surface area contributed by atoms with Crippen molar-refractivity contribution in [3.8, 4) is 11.5 Å². The molecule has 2 rings (SSSR count). The Morgan fingerprint density at radius 2 is 1.95 bits per heavy atom. The number of primary amides is 1. The van der Waals surface area contributed by atoms with Crippen LogP contribution in [0.3, 0.4) is 0 Å². The molecule has 1 amide bonds. The van der Waals surface area contributed by atoms with E-state index in [2.05, 4.69) is 0 Å². The second-order valence-corrected chi connectivity index (χ2v) is 5.29. The average Bonchev–Trinajstić information content (AvgIpc) is 2.93. The van der Waals surface area contributed by atoms with Crippen LogP contribution < -0.4 is 15.2 Å². The highest BCUT2D eigenvalue weighted by Gasteiger charge is 2.09. The minimum atomic E-state index is -0.969. The third kappa shape index (κ3) is 3.73. The van der Waals surface area contributed by atoms with E-state index in [1.54, 1.807) is 12.1 Å². The van der Waals surface area contributed by atoms with Gasteiger partial charge in [0, 0.05) is 16.5 Å². The van der Waals surface area contributed by atoms with Crippen molar-refractivity contribution in [2.45, 2.75) is 6.61 Å². The van der Waals surface area contributed by atoms with Gasteiger partial charge in [-0.3, -0.25) is 4.79 Å². The number of aromatic carboxylic acids is 1. The number of methoxy groups -OCH3 is 1. The van der Waals surface area contributed by atoms with Crippen LogP contribution in [0.25, 0.3) is 0 Å². The maximum atomic E-state index is 11.2. The van der Waals surface area contributed by atoms with Crippen molar-refractivity contribution in [3.05, 3.63) is 45.6 Å². The summed E-state index contributed by atoms with van der Waals surface area (Å²) in [6.45, 7) is 0.198. The molecular formula is C14H13NO5S. The standard InChI is InChI=1S/C14H13NO5S/c1-19-9-4-8(13(15)16)5-10(6-9)20-7-11-2-3-12(21-11)14(17)18/h2-6H,7H2,1H3,(H2,15,16)(H,17,18). The Hall–Kier alpha value is -2.54. The van der Waals surface area contributed by atoms with E-state index in [1.807, 2.05) is 0 Å². The lowest BCUT2D eigenvalue weighted by Gasteiger charge is -2.08. The first-order chi connectivity index (χ1) is 9.99. The molecule has 1 heterocycles. The van der Waals surface area contributed by atoms with Crippen molar-refractivity contribution < 1.29 is 24.2 Å². The van der Waals surface area contributed by atoms with Crippen LogP contribution in [0, 0.1) is 0 Å². The topological polar surface area (TPSA) is 98.8 Å². The fraction of sp³-hybridized carbons (Fsp3) is 0.143. The predicted octanol–water partition coefficient (Wildman–Crippen LogP) is 2.13. The molecule has 0 unspecified atom stereocenters. The summed E-state index contributed by atoms with van der Waals surface area (Å²) in [5.74, 6) is -0.668. The predicted molar refractivity (Wildman–Crippen MR) is 77.1 cm³/mol. The number of carboxylic acids is 1. The number of rotatable bonds is 6. The van der Waals surface area contributed by atoms with Gasteiger partial charge in [-0.2, -0.15) is 0 Å². The lowest BCUT2D eigenvalue weighted by molar-refractivity contribution is 0.0702. The summed E-state index contributed by atoms with van der Waals surface area (Å²) in [5, 5.41) is 8.85. The summed E-state index contributed by atoms with van der Waals surface area (Å²) in [7, 11) is 1.47. The van der Waals surface area contributed by atoms with E-state index in [1.165, 1.54) is 25.3 Å². The minimum absolute atomic E-state index is 0.198. The minimum Gasteiger partial charge on any atom is -0.497 e. The number of carbonyl (C=O) groups is 2. The lowest BCUT2D eigenvalue weighted by atomic mass is 10.2. The summed E-state index contributed by atoms with van der Waals surface area (Å²) in [5.41, 5.74) is 5.52. The first-order valence-corrected chi connectivity index (χ1v) is 6.75. The molecule has 0 saturated heterocycles. The quantitative estimate of drug-likeness (QED) is 0.851. The van der Waals surface area contributed by atoms with Gasteiger partial charge in [-0.05, 0) is 24.3 Å². The molecule has 0 bridgehead atoms. The molecule has 0 fully saturated rings. The molecule has 110 valence electrons. The zero-order valence-corrected chi connectivity index (χ0v) is 12.0. The Bertz CT molecular complexity index is 680. The summed E-state index contributed by atoms with van der Waals surface area (Å²) < 4.78 is 10.6. The number of thiophene rings is 1. The number of amides is 1. The van der Waals surface area contributed by atoms with E-state index in [0.29, 0.717) is 11.5 Å². The number of carboxylic acid groups (broad SMARTS) is 1. The van der Waals surface area contributed by atoms with E-state index in [9.17, 15) is 9.59 Å². The van der Waals surface area contributed by atoms with Gasteiger partial charge < -0.3 is 20.3 Å². The maximum absolute atomic E-state index is 11.2. The smallest absolute Gasteiger partial charge is 0.345 e. The molecule has 0 aliphatic rings. The zero-order valence-electron chi connectivity index (χ0n) is 11.2. The summed E-state index contributed by atoms with van der Waals surface area (Å²) in [6, 6.07) is 7.85. The van der Waals surface area contributed by atoms with Crippen LogP contribution in [0.5, 0.6) is 11.5 Å². The molecule has 2 aromatic rings.